The van der Waals surface area contributed by atoms with Crippen LogP contribution in [0.15, 0.2) is 42.7 Å². The molecule has 26 heavy (non-hydrogen) atoms. The lowest BCUT2D eigenvalue weighted by atomic mass is 10.2. The zero-order chi connectivity index (χ0) is 18.5. The first-order valence-electron chi connectivity index (χ1n) is 8.28. The Hall–Kier alpha value is -3.29. The van der Waals surface area contributed by atoms with Gasteiger partial charge in [0.1, 0.15) is 12.1 Å². The van der Waals surface area contributed by atoms with Crippen molar-refractivity contribution >= 4 is 23.5 Å². The molecule has 0 saturated carbocycles. The van der Waals surface area contributed by atoms with Gasteiger partial charge in [0, 0.05) is 56.1 Å². The van der Waals surface area contributed by atoms with E-state index in [1.54, 1.807) is 29.4 Å². The summed E-state index contributed by atoms with van der Waals surface area (Å²) in [6.45, 7) is 4.52. The normalized spacial score (nSPS) is 14.7. The van der Waals surface area contributed by atoms with Crippen LogP contribution in [0.4, 0.5) is 11.5 Å². The van der Waals surface area contributed by atoms with Gasteiger partial charge >= 0.3 is 0 Å². The number of hydrogen-bond donors (Lipinski definition) is 0. The Labute approximate surface area is 150 Å². The minimum atomic E-state index is -0.451. The number of nitrogens with zero attached hydrogens (tertiary/aromatic N) is 5. The smallest absolute Gasteiger partial charge is 0.270 e. The number of piperazine rings is 1. The number of carbonyl (C=O) groups excluding carboxylic acids is 1. The molecule has 1 aromatic carbocycles. The largest absolute Gasteiger partial charge is 0.353 e. The Balaban J connectivity index is 1.58. The van der Waals surface area contributed by atoms with Gasteiger partial charge in [0.2, 0.25) is 5.91 Å². The number of aromatic nitrogens is 2. The van der Waals surface area contributed by atoms with E-state index in [4.69, 9.17) is 0 Å². The molecule has 1 fully saturated rings. The molecule has 0 unspecified atom stereocenters. The molecule has 1 aromatic heterocycles. The van der Waals surface area contributed by atoms with Gasteiger partial charge in [-0.05, 0) is 18.6 Å². The van der Waals surface area contributed by atoms with Crippen LogP contribution in [0.25, 0.3) is 6.08 Å². The standard InChI is InChI=1S/C18H19N5O3/c1-14-11-17(20-13-19-14)21-7-9-22(10-8-21)18(24)6-5-15-3-2-4-16(12-15)23(25)26/h2-6,11-13H,7-10H2,1H3/b6-5+. The third-order valence-electron chi connectivity index (χ3n) is 4.20. The topological polar surface area (TPSA) is 92.5 Å². The predicted molar refractivity (Wildman–Crippen MR) is 97.7 cm³/mol. The fraction of sp³-hybridized carbons (Fsp3) is 0.278. The third kappa shape index (κ3) is 4.21. The highest BCUT2D eigenvalue weighted by Gasteiger charge is 2.20. The van der Waals surface area contributed by atoms with E-state index in [1.165, 1.54) is 18.2 Å². The van der Waals surface area contributed by atoms with Gasteiger partial charge in [-0.15, -0.1) is 0 Å². The van der Waals surface area contributed by atoms with Gasteiger partial charge in [-0.2, -0.15) is 0 Å². The van der Waals surface area contributed by atoms with Crippen molar-refractivity contribution in [1.29, 1.82) is 0 Å². The van der Waals surface area contributed by atoms with Crippen LogP contribution in [-0.4, -0.2) is 51.9 Å². The van der Waals surface area contributed by atoms with E-state index < -0.39 is 4.92 Å². The van der Waals surface area contributed by atoms with Crippen LogP contribution in [-0.2, 0) is 4.79 Å². The van der Waals surface area contributed by atoms with Crippen molar-refractivity contribution in [1.82, 2.24) is 14.9 Å². The molecule has 0 radical (unpaired) electrons. The molecule has 0 atom stereocenters. The maximum atomic E-state index is 12.3. The Morgan fingerprint density at radius 1 is 1.19 bits per heavy atom. The molecule has 2 aromatic rings. The average Bonchev–Trinajstić information content (AvgIpc) is 2.66. The Morgan fingerprint density at radius 3 is 2.65 bits per heavy atom. The van der Waals surface area contributed by atoms with Gasteiger partial charge in [0.15, 0.2) is 0 Å². The number of benzene rings is 1. The summed E-state index contributed by atoms with van der Waals surface area (Å²) in [6.07, 6.45) is 4.61. The van der Waals surface area contributed by atoms with Crippen molar-refractivity contribution in [2.24, 2.45) is 0 Å². The first-order chi connectivity index (χ1) is 12.5. The number of amides is 1. The summed E-state index contributed by atoms with van der Waals surface area (Å²) >= 11 is 0. The Kier molecular flexibility index (Phi) is 5.21. The van der Waals surface area contributed by atoms with Crippen LogP contribution in [0.3, 0.4) is 0 Å². The molecule has 1 aliphatic heterocycles. The number of nitro benzene ring substituents is 1. The fourth-order valence-corrected chi connectivity index (χ4v) is 2.78. The SMILES string of the molecule is Cc1cc(N2CCN(C(=O)/C=C/c3cccc([N+](=O)[O-])c3)CC2)ncn1. The number of carbonyl (C=O) groups is 1. The van der Waals surface area contributed by atoms with Crippen molar-refractivity contribution in [2.75, 3.05) is 31.1 Å². The summed E-state index contributed by atoms with van der Waals surface area (Å²) in [7, 11) is 0. The zero-order valence-corrected chi connectivity index (χ0v) is 14.4. The highest BCUT2D eigenvalue weighted by atomic mass is 16.6. The van der Waals surface area contributed by atoms with Crippen molar-refractivity contribution in [3.8, 4) is 0 Å². The summed E-state index contributed by atoms with van der Waals surface area (Å²) in [5, 5.41) is 10.8. The molecule has 0 aliphatic carbocycles. The second-order valence-electron chi connectivity index (χ2n) is 6.02. The molecule has 1 amide bonds. The molecular formula is C18H19N5O3. The molecular weight excluding hydrogens is 334 g/mol. The van der Waals surface area contributed by atoms with Gasteiger partial charge in [-0.25, -0.2) is 9.97 Å². The second kappa shape index (κ2) is 7.73. The highest BCUT2D eigenvalue weighted by molar-refractivity contribution is 5.92. The molecule has 2 heterocycles. The Morgan fingerprint density at radius 2 is 1.96 bits per heavy atom. The zero-order valence-electron chi connectivity index (χ0n) is 14.4. The Bertz CT molecular complexity index is 844. The minimum absolute atomic E-state index is 0.00774. The summed E-state index contributed by atoms with van der Waals surface area (Å²) in [5.74, 6) is 0.770. The number of anilines is 1. The van der Waals surface area contributed by atoms with E-state index in [-0.39, 0.29) is 11.6 Å². The van der Waals surface area contributed by atoms with Crippen molar-refractivity contribution < 1.29 is 9.72 Å². The van der Waals surface area contributed by atoms with Crippen molar-refractivity contribution in [3.63, 3.8) is 0 Å². The number of rotatable bonds is 4. The highest BCUT2D eigenvalue weighted by Crippen LogP contribution is 2.16. The van der Waals surface area contributed by atoms with Gasteiger partial charge in [-0.3, -0.25) is 14.9 Å². The van der Waals surface area contributed by atoms with Gasteiger partial charge < -0.3 is 9.80 Å². The van der Waals surface area contributed by atoms with Crippen LogP contribution < -0.4 is 4.90 Å². The summed E-state index contributed by atoms with van der Waals surface area (Å²) < 4.78 is 0. The quantitative estimate of drug-likeness (QED) is 0.474. The van der Waals surface area contributed by atoms with E-state index in [0.717, 1.165) is 11.5 Å². The van der Waals surface area contributed by atoms with E-state index >= 15 is 0 Å². The molecule has 8 nitrogen and oxygen atoms in total. The minimum Gasteiger partial charge on any atom is -0.353 e. The molecule has 3 rings (SSSR count). The van der Waals surface area contributed by atoms with Gasteiger partial charge in [0.05, 0.1) is 4.92 Å². The number of non-ortho nitro benzene ring substituents is 1. The summed E-state index contributed by atoms with van der Waals surface area (Å²) in [6, 6.07) is 8.13. The van der Waals surface area contributed by atoms with E-state index in [0.29, 0.717) is 31.7 Å². The lowest BCUT2D eigenvalue weighted by Gasteiger charge is -2.34. The predicted octanol–water partition coefficient (Wildman–Crippen LogP) is 2.06. The molecule has 0 N–H and O–H groups in total. The molecule has 8 heteroatoms. The van der Waals surface area contributed by atoms with Crippen LogP contribution in [0.2, 0.25) is 0 Å². The van der Waals surface area contributed by atoms with Crippen LogP contribution in [0.1, 0.15) is 11.3 Å². The number of aryl methyl sites for hydroxylation is 1. The van der Waals surface area contributed by atoms with Crippen LogP contribution >= 0.6 is 0 Å². The third-order valence-corrected chi connectivity index (χ3v) is 4.20. The number of hydrogen-bond acceptors (Lipinski definition) is 6. The molecule has 0 bridgehead atoms. The molecule has 1 saturated heterocycles. The molecule has 134 valence electrons. The number of nitro groups is 1. The molecule has 1 aliphatic rings. The van der Waals surface area contributed by atoms with Gasteiger partial charge in [-0.1, -0.05) is 12.1 Å². The summed E-state index contributed by atoms with van der Waals surface area (Å²) in [5.41, 5.74) is 1.55. The van der Waals surface area contributed by atoms with E-state index in [9.17, 15) is 14.9 Å². The fourth-order valence-electron chi connectivity index (χ4n) is 2.78. The van der Waals surface area contributed by atoms with Crippen LogP contribution in [0, 0.1) is 17.0 Å². The van der Waals surface area contributed by atoms with Crippen molar-refractivity contribution in [3.05, 3.63) is 64.1 Å². The first kappa shape index (κ1) is 17.5. The van der Waals surface area contributed by atoms with Gasteiger partial charge in [0.25, 0.3) is 5.69 Å². The van der Waals surface area contributed by atoms with Crippen LogP contribution in [0.5, 0.6) is 0 Å². The lowest BCUT2D eigenvalue weighted by molar-refractivity contribution is -0.384. The first-order valence-corrected chi connectivity index (χ1v) is 8.28. The maximum Gasteiger partial charge on any atom is 0.270 e. The van der Waals surface area contributed by atoms with Crippen molar-refractivity contribution in [2.45, 2.75) is 6.92 Å². The summed E-state index contributed by atoms with van der Waals surface area (Å²) in [4.78, 5) is 35.0. The van der Waals surface area contributed by atoms with E-state index in [1.807, 2.05) is 13.0 Å². The maximum absolute atomic E-state index is 12.3. The molecule has 0 spiro atoms. The van der Waals surface area contributed by atoms with E-state index in [2.05, 4.69) is 14.9 Å². The monoisotopic (exact) mass is 353 g/mol. The lowest BCUT2D eigenvalue weighted by Crippen LogP contribution is -2.48. The average molecular weight is 353 g/mol. The second-order valence-corrected chi connectivity index (χ2v) is 6.02.